The van der Waals surface area contributed by atoms with Crippen LogP contribution in [0.5, 0.6) is 0 Å². The lowest BCUT2D eigenvalue weighted by atomic mass is 9.96. The van der Waals surface area contributed by atoms with Crippen LogP contribution in [-0.4, -0.2) is 24.7 Å². The average Bonchev–Trinajstić information content (AvgIpc) is 3.34. The van der Waals surface area contributed by atoms with Crippen molar-refractivity contribution in [1.29, 1.82) is 5.26 Å². The third kappa shape index (κ3) is 2.48. The van der Waals surface area contributed by atoms with Crippen LogP contribution < -0.4 is 0 Å². The third-order valence-electron chi connectivity index (χ3n) is 4.59. The van der Waals surface area contributed by atoms with Gasteiger partial charge in [-0.1, -0.05) is 12.8 Å². The summed E-state index contributed by atoms with van der Waals surface area (Å²) < 4.78 is 10.6. The molecule has 0 saturated heterocycles. The first-order chi connectivity index (χ1) is 11.7. The van der Waals surface area contributed by atoms with Crippen molar-refractivity contribution in [3.8, 4) is 17.3 Å². The molecular weight excluding hydrogens is 288 g/mol. The fraction of sp³-hybridized carbons (Fsp3) is 0.412. The van der Waals surface area contributed by atoms with E-state index in [2.05, 4.69) is 26.1 Å². The second-order valence-corrected chi connectivity index (χ2v) is 5.94. The van der Waals surface area contributed by atoms with Crippen LogP contribution in [0.1, 0.15) is 39.5 Å². The van der Waals surface area contributed by atoms with Gasteiger partial charge in [-0.2, -0.15) is 10.4 Å². The molecule has 3 aromatic rings. The molecule has 0 bridgehead atoms. The third-order valence-corrected chi connectivity index (χ3v) is 4.59. The second-order valence-electron chi connectivity index (χ2n) is 5.94. The minimum atomic E-state index is -1.01. The molecule has 0 radical (unpaired) electrons. The molecule has 0 amide bonds. The molecule has 0 spiro atoms. The van der Waals surface area contributed by atoms with Crippen LogP contribution in [0, 0.1) is 17.2 Å². The Morgan fingerprint density at radius 2 is 2.30 bits per heavy atom. The summed E-state index contributed by atoms with van der Waals surface area (Å²) in [5, 5.41) is 14.6. The number of nitrogens with zero attached hydrogens (tertiary/aromatic N) is 5. The van der Waals surface area contributed by atoms with E-state index in [1.165, 1.54) is 6.33 Å². The molecule has 1 fully saturated rings. The molecule has 1 atom stereocenters. The normalized spacial score (nSPS) is 18.7. The van der Waals surface area contributed by atoms with E-state index in [9.17, 15) is 5.26 Å². The number of H-pyrrole nitrogens is 1. The van der Waals surface area contributed by atoms with Crippen LogP contribution in [0.25, 0.3) is 22.3 Å². The first-order valence-corrected chi connectivity index (χ1v) is 7.93. The van der Waals surface area contributed by atoms with Crippen molar-refractivity contribution in [2.45, 2.75) is 38.1 Å². The van der Waals surface area contributed by atoms with Crippen molar-refractivity contribution in [2.24, 2.45) is 5.92 Å². The second kappa shape index (κ2) is 5.84. The van der Waals surface area contributed by atoms with E-state index in [1.807, 2.05) is 18.5 Å². The predicted octanol–water partition coefficient (Wildman–Crippen LogP) is 3.47. The van der Waals surface area contributed by atoms with E-state index in [0.717, 1.165) is 48.0 Å². The van der Waals surface area contributed by atoms with Crippen LogP contribution in [-0.2, 0) is 0 Å². The zero-order valence-corrected chi connectivity index (χ0v) is 12.7. The number of aromatic amines is 1. The van der Waals surface area contributed by atoms with Gasteiger partial charge in [-0.3, -0.25) is 4.68 Å². The van der Waals surface area contributed by atoms with Gasteiger partial charge in [0.1, 0.15) is 12.0 Å². The monoisotopic (exact) mass is 307 g/mol. The van der Waals surface area contributed by atoms with Gasteiger partial charge >= 0.3 is 0 Å². The van der Waals surface area contributed by atoms with E-state index >= 15 is 0 Å². The Labute approximate surface area is 135 Å². The number of nitriles is 1. The fourth-order valence-electron chi connectivity index (χ4n) is 3.46. The molecule has 3 aromatic heterocycles. The number of rotatable bonds is 4. The molecule has 1 aliphatic carbocycles. The van der Waals surface area contributed by atoms with Crippen LogP contribution in [0.2, 0.25) is 0 Å². The molecule has 1 N–H and O–H groups in total. The van der Waals surface area contributed by atoms with Gasteiger partial charge in [0, 0.05) is 23.3 Å². The minimum absolute atomic E-state index is 0.141. The van der Waals surface area contributed by atoms with Crippen molar-refractivity contribution < 1.29 is 1.37 Å². The van der Waals surface area contributed by atoms with E-state index in [0.29, 0.717) is 0 Å². The summed E-state index contributed by atoms with van der Waals surface area (Å²) in [6, 6.07) is 3.11. The van der Waals surface area contributed by atoms with Crippen molar-refractivity contribution in [3.63, 3.8) is 0 Å². The quantitative estimate of drug-likeness (QED) is 0.800. The largest absolute Gasteiger partial charge is 0.346 e. The van der Waals surface area contributed by atoms with Gasteiger partial charge in [0.2, 0.25) is 0 Å². The molecular formula is C17H18N6. The highest BCUT2D eigenvalue weighted by Crippen LogP contribution is 2.36. The van der Waals surface area contributed by atoms with E-state index in [1.54, 1.807) is 10.9 Å². The number of fused-ring (bicyclic) bond motifs is 1. The topological polar surface area (TPSA) is 83.2 Å². The smallest absolute Gasteiger partial charge is 0.141 e. The van der Waals surface area contributed by atoms with Crippen molar-refractivity contribution in [3.05, 3.63) is 31.0 Å². The van der Waals surface area contributed by atoms with Gasteiger partial charge in [-0.15, -0.1) is 0 Å². The molecule has 0 aliphatic heterocycles. The lowest BCUT2D eigenvalue weighted by molar-refractivity contribution is 0.315. The van der Waals surface area contributed by atoms with Crippen molar-refractivity contribution in [1.82, 2.24) is 24.7 Å². The zero-order chi connectivity index (χ0) is 16.6. The summed E-state index contributed by atoms with van der Waals surface area (Å²) in [6.45, 7) is 0. The van der Waals surface area contributed by atoms with Gasteiger partial charge in [-0.05, 0) is 24.8 Å². The molecule has 6 nitrogen and oxygen atoms in total. The summed E-state index contributed by atoms with van der Waals surface area (Å²) in [5.74, 6) is 0.169. The predicted molar refractivity (Wildman–Crippen MR) is 86.3 cm³/mol. The lowest BCUT2D eigenvalue weighted by Crippen LogP contribution is -2.17. The number of hydrogen-bond acceptors (Lipinski definition) is 4. The minimum Gasteiger partial charge on any atom is -0.346 e. The highest BCUT2D eigenvalue weighted by Gasteiger charge is 2.27. The molecule has 0 aromatic carbocycles. The van der Waals surface area contributed by atoms with Crippen LogP contribution >= 0.6 is 0 Å². The molecule has 0 unspecified atom stereocenters. The van der Waals surface area contributed by atoms with Gasteiger partial charge in [0.05, 0.1) is 31.8 Å². The Kier molecular flexibility index (Phi) is 3.26. The molecule has 116 valence electrons. The van der Waals surface area contributed by atoms with E-state index in [-0.39, 0.29) is 12.3 Å². The summed E-state index contributed by atoms with van der Waals surface area (Å²) in [7, 11) is 0. The highest BCUT2D eigenvalue weighted by atomic mass is 15.3. The Morgan fingerprint density at radius 3 is 3.13 bits per heavy atom. The zero-order valence-electron chi connectivity index (χ0n) is 13.7. The lowest BCUT2D eigenvalue weighted by Gasteiger charge is -2.21. The molecule has 23 heavy (non-hydrogen) atoms. The maximum atomic E-state index is 9.23. The number of nitrogens with one attached hydrogen (secondary N) is 1. The molecule has 4 rings (SSSR count). The maximum Gasteiger partial charge on any atom is 0.141 e. The van der Waals surface area contributed by atoms with Crippen molar-refractivity contribution >= 4 is 11.0 Å². The average molecular weight is 307 g/mol. The molecule has 1 saturated carbocycles. The van der Waals surface area contributed by atoms with Gasteiger partial charge in [-0.25, -0.2) is 9.97 Å². The van der Waals surface area contributed by atoms with Gasteiger partial charge < -0.3 is 4.98 Å². The number of aromatic nitrogens is 5. The first kappa shape index (κ1) is 12.8. The maximum absolute atomic E-state index is 9.23. The first-order valence-electron chi connectivity index (χ1n) is 8.43. The molecule has 6 heteroatoms. The van der Waals surface area contributed by atoms with Gasteiger partial charge in [0.15, 0.2) is 0 Å². The Balaban J connectivity index is 1.76. The van der Waals surface area contributed by atoms with Crippen LogP contribution in [0.4, 0.5) is 0 Å². The van der Waals surface area contributed by atoms with E-state index < -0.39 is 6.02 Å². The highest BCUT2D eigenvalue weighted by molar-refractivity contribution is 5.89. The summed E-state index contributed by atoms with van der Waals surface area (Å²) in [5.41, 5.74) is 2.41. The standard InChI is InChI=1S/C17H18N6/c18-7-5-15(12-3-1-2-4-12)23-10-13(9-22-23)16-14-6-8-19-17(14)21-11-20-16/h6,8-12,15H,1-5H2,(H,19,20,21)/t15-/m0/s1/i15D. The Morgan fingerprint density at radius 1 is 1.43 bits per heavy atom. The number of hydrogen-bond donors (Lipinski definition) is 1. The molecule has 3 heterocycles. The Hall–Kier alpha value is -2.68. The summed E-state index contributed by atoms with van der Waals surface area (Å²) in [6.07, 6.45) is 11.3. The summed E-state index contributed by atoms with van der Waals surface area (Å²) in [4.78, 5) is 11.7. The van der Waals surface area contributed by atoms with Crippen LogP contribution in [0.15, 0.2) is 31.0 Å². The fourth-order valence-corrected chi connectivity index (χ4v) is 3.46. The van der Waals surface area contributed by atoms with Gasteiger partial charge in [0.25, 0.3) is 0 Å². The molecule has 1 aliphatic rings. The van der Waals surface area contributed by atoms with Crippen molar-refractivity contribution in [2.75, 3.05) is 0 Å². The SMILES string of the molecule is [2H][C@](CC#N)(C1CCCC1)n1cc(-c2ncnc3[nH]ccc23)cn1. The van der Waals surface area contributed by atoms with E-state index in [4.69, 9.17) is 1.37 Å². The van der Waals surface area contributed by atoms with Crippen LogP contribution in [0.3, 0.4) is 0 Å². The Bertz CT molecular complexity index is 901. The summed E-state index contributed by atoms with van der Waals surface area (Å²) >= 11 is 0.